The van der Waals surface area contributed by atoms with Crippen LogP contribution in [0.4, 0.5) is 0 Å². The fraction of sp³-hybridized carbons (Fsp3) is 0.500. The van der Waals surface area contributed by atoms with Crippen LogP contribution >= 0.6 is 23.2 Å². The molecule has 1 aromatic rings. The van der Waals surface area contributed by atoms with Gasteiger partial charge in [0.05, 0.1) is 24.8 Å². The first kappa shape index (κ1) is 16.5. The van der Waals surface area contributed by atoms with E-state index in [-0.39, 0.29) is 18.6 Å². The van der Waals surface area contributed by atoms with Gasteiger partial charge in [-0.1, -0.05) is 29.3 Å². The summed E-state index contributed by atoms with van der Waals surface area (Å²) in [5.41, 5.74) is 0.626. The lowest BCUT2D eigenvalue weighted by Gasteiger charge is -2.29. The van der Waals surface area contributed by atoms with Gasteiger partial charge in [-0.15, -0.1) is 0 Å². The predicted octanol–water partition coefficient (Wildman–Crippen LogP) is 2.34. The molecule has 1 aliphatic heterocycles. The van der Waals surface area contributed by atoms with Crippen molar-refractivity contribution in [3.05, 3.63) is 33.8 Å². The molecule has 5 nitrogen and oxygen atoms in total. The van der Waals surface area contributed by atoms with Crippen molar-refractivity contribution in [3.63, 3.8) is 0 Å². The Bertz CT molecular complexity index is 526. The van der Waals surface area contributed by atoms with Gasteiger partial charge in [-0.25, -0.2) is 0 Å². The van der Waals surface area contributed by atoms with Gasteiger partial charge in [0.15, 0.2) is 0 Å². The standard InChI is InChI=1S/C14H17Cl2NO4/c1-9(18)17-8-14(20-7-11(21-14)6-19-2)12-4-3-10(15)5-13(12)16/h3-5,11H,6-8H2,1-2H3,(H,17,18). The van der Waals surface area contributed by atoms with Crippen molar-refractivity contribution < 1.29 is 19.0 Å². The van der Waals surface area contributed by atoms with Crippen LogP contribution in [0.3, 0.4) is 0 Å². The largest absolute Gasteiger partial charge is 0.382 e. The second-order valence-electron chi connectivity index (χ2n) is 4.79. The number of rotatable bonds is 5. The van der Waals surface area contributed by atoms with E-state index in [4.69, 9.17) is 37.4 Å². The van der Waals surface area contributed by atoms with Crippen LogP contribution in [-0.4, -0.2) is 38.9 Å². The molecule has 1 fully saturated rings. The summed E-state index contributed by atoms with van der Waals surface area (Å²) >= 11 is 12.2. The van der Waals surface area contributed by atoms with E-state index < -0.39 is 5.79 Å². The number of benzene rings is 1. The molecule has 2 atom stereocenters. The van der Waals surface area contributed by atoms with Gasteiger partial charge in [0.2, 0.25) is 11.7 Å². The molecule has 0 spiro atoms. The van der Waals surface area contributed by atoms with Crippen LogP contribution < -0.4 is 5.32 Å². The first-order chi connectivity index (χ1) is 9.97. The van der Waals surface area contributed by atoms with E-state index in [1.165, 1.54) is 6.92 Å². The van der Waals surface area contributed by atoms with E-state index in [0.29, 0.717) is 28.8 Å². The quantitative estimate of drug-likeness (QED) is 0.898. The Morgan fingerprint density at radius 2 is 2.29 bits per heavy atom. The number of carbonyl (C=O) groups excluding carboxylic acids is 1. The smallest absolute Gasteiger partial charge is 0.217 e. The monoisotopic (exact) mass is 333 g/mol. The molecular weight excluding hydrogens is 317 g/mol. The zero-order valence-corrected chi connectivity index (χ0v) is 13.3. The molecule has 1 saturated heterocycles. The highest BCUT2D eigenvalue weighted by molar-refractivity contribution is 6.35. The number of hydrogen-bond acceptors (Lipinski definition) is 4. The van der Waals surface area contributed by atoms with Crippen LogP contribution in [0.25, 0.3) is 0 Å². The fourth-order valence-electron chi connectivity index (χ4n) is 2.20. The highest BCUT2D eigenvalue weighted by Gasteiger charge is 2.44. The Hall–Kier alpha value is -0.850. The fourth-order valence-corrected chi connectivity index (χ4v) is 2.75. The summed E-state index contributed by atoms with van der Waals surface area (Å²) in [6.45, 7) is 2.34. The van der Waals surface area contributed by atoms with Crippen molar-refractivity contribution in [2.75, 3.05) is 26.9 Å². The number of nitrogens with one attached hydrogen (secondary N) is 1. The Labute approximate surface area is 133 Å². The second-order valence-corrected chi connectivity index (χ2v) is 5.64. The number of ether oxygens (including phenoxy) is 3. The molecule has 1 aromatic carbocycles. The molecule has 116 valence electrons. The average molecular weight is 334 g/mol. The van der Waals surface area contributed by atoms with Gasteiger partial charge in [0, 0.05) is 24.6 Å². The molecule has 1 amide bonds. The summed E-state index contributed by atoms with van der Waals surface area (Å²) in [6, 6.07) is 5.06. The number of hydrogen-bond donors (Lipinski definition) is 1. The summed E-state index contributed by atoms with van der Waals surface area (Å²) in [4.78, 5) is 11.2. The van der Waals surface area contributed by atoms with E-state index in [9.17, 15) is 4.79 Å². The molecule has 2 rings (SSSR count). The van der Waals surface area contributed by atoms with Crippen LogP contribution in [0.1, 0.15) is 12.5 Å². The first-order valence-corrected chi connectivity index (χ1v) is 7.23. The van der Waals surface area contributed by atoms with Crippen LogP contribution in [-0.2, 0) is 24.8 Å². The van der Waals surface area contributed by atoms with Gasteiger partial charge in [-0.2, -0.15) is 0 Å². The Balaban J connectivity index is 2.30. The minimum absolute atomic E-state index is 0.157. The topological polar surface area (TPSA) is 56.8 Å². The highest BCUT2D eigenvalue weighted by Crippen LogP contribution is 2.38. The lowest BCUT2D eigenvalue weighted by Crippen LogP contribution is -2.42. The lowest BCUT2D eigenvalue weighted by atomic mass is 10.1. The Kier molecular flexibility index (Phi) is 5.46. The van der Waals surface area contributed by atoms with Crippen LogP contribution in [0.2, 0.25) is 10.0 Å². The third-order valence-corrected chi connectivity index (χ3v) is 3.67. The van der Waals surface area contributed by atoms with E-state index in [0.717, 1.165) is 0 Å². The summed E-state index contributed by atoms with van der Waals surface area (Å²) in [5, 5.41) is 3.65. The molecule has 0 aromatic heterocycles. The molecule has 21 heavy (non-hydrogen) atoms. The van der Waals surface area contributed by atoms with Crippen molar-refractivity contribution in [1.82, 2.24) is 5.32 Å². The third-order valence-electron chi connectivity index (χ3n) is 3.12. The SMILES string of the molecule is COCC1COC(CNC(C)=O)(c2ccc(Cl)cc2Cl)O1. The maximum absolute atomic E-state index is 11.2. The van der Waals surface area contributed by atoms with Crippen molar-refractivity contribution in [3.8, 4) is 0 Å². The number of carbonyl (C=O) groups is 1. The zero-order valence-electron chi connectivity index (χ0n) is 11.8. The van der Waals surface area contributed by atoms with Gasteiger partial charge in [-0.3, -0.25) is 4.79 Å². The zero-order chi connectivity index (χ0) is 15.5. The molecular formula is C14H17Cl2NO4. The average Bonchev–Trinajstić information content (AvgIpc) is 2.81. The maximum Gasteiger partial charge on any atom is 0.217 e. The normalized spacial score (nSPS) is 25.0. The van der Waals surface area contributed by atoms with Gasteiger partial charge >= 0.3 is 0 Å². The predicted molar refractivity (Wildman–Crippen MR) is 79.5 cm³/mol. The molecule has 1 N–H and O–H groups in total. The van der Waals surface area contributed by atoms with Gasteiger partial charge in [0.1, 0.15) is 6.10 Å². The van der Waals surface area contributed by atoms with E-state index >= 15 is 0 Å². The summed E-state index contributed by atoms with van der Waals surface area (Å²) in [5.74, 6) is -1.31. The molecule has 2 unspecified atom stereocenters. The van der Waals surface area contributed by atoms with Gasteiger partial charge in [0.25, 0.3) is 0 Å². The van der Waals surface area contributed by atoms with E-state index in [1.54, 1.807) is 25.3 Å². The Morgan fingerprint density at radius 3 is 2.90 bits per heavy atom. The molecule has 0 radical (unpaired) electrons. The first-order valence-electron chi connectivity index (χ1n) is 6.47. The third kappa shape index (κ3) is 3.87. The van der Waals surface area contributed by atoms with Crippen molar-refractivity contribution >= 4 is 29.1 Å². The molecule has 7 heteroatoms. The number of halogens is 2. The minimum atomic E-state index is -1.13. The van der Waals surface area contributed by atoms with Gasteiger partial charge < -0.3 is 19.5 Å². The minimum Gasteiger partial charge on any atom is -0.382 e. The van der Waals surface area contributed by atoms with E-state index in [2.05, 4.69) is 5.32 Å². The van der Waals surface area contributed by atoms with Crippen molar-refractivity contribution in [2.45, 2.75) is 18.8 Å². The summed E-state index contributed by atoms with van der Waals surface area (Å²) < 4.78 is 16.9. The molecule has 0 bridgehead atoms. The lowest BCUT2D eigenvalue weighted by molar-refractivity contribution is -0.178. The Morgan fingerprint density at radius 1 is 1.52 bits per heavy atom. The number of methoxy groups -OCH3 is 1. The maximum atomic E-state index is 11.2. The van der Waals surface area contributed by atoms with Crippen LogP contribution in [0, 0.1) is 0 Å². The summed E-state index contributed by atoms with van der Waals surface area (Å²) in [7, 11) is 1.59. The van der Waals surface area contributed by atoms with Gasteiger partial charge in [-0.05, 0) is 12.1 Å². The second kappa shape index (κ2) is 6.94. The summed E-state index contributed by atoms with van der Waals surface area (Å²) in [6.07, 6.45) is -0.226. The van der Waals surface area contributed by atoms with Crippen LogP contribution in [0.5, 0.6) is 0 Å². The molecule has 1 heterocycles. The van der Waals surface area contributed by atoms with E-state index in [1.807, 2.05) is 0 Å². The molecule has 0 aliphatic carbocycles. The van der Waals surface area contributed by atoms with Crippen LogP contribution in [0.15, 0.2) is 18.2 Å². The van der Waals surface area contributed by atoms with Crippen molar-refractivity contribution in [1.29, 1.82) is 0 Å². The molecule has 0 saturated carbocycles. The van der Waals surface area contributed by atoms with Crippen molar-refractivity contribution in [2.24, 2.45) is 0 Å². The highest BCUT2D eigenvalue weighted by atomic mass is 35.5. The molecule has 1 aliphatic rings. The number of amides is 1.